The molecule has 0 fully saturated rings. The Morgan fingerprint density at radius 2 is 1.96 bits per heavy atom. The van der Waals surface area contributed by atoms with Gasteiger partial charge >= 0.3 is 5.69 Å². The van der Waals surface area contributed by atoms with Crippen LogP contribution in [-0.4, -0.2) is 17.6 Å². The number of nitrogens with zero attached hydrogens (tertiary/aromatic N) is 1. The van der Waals surface area contributed by atoms with Gasteiger partial charge in [0.15, 0.2) is 11.7 Å². The lowest BCUT2D eigenvalue weighted by Gasteiger charge is -2.16. The summed E-state index contributed by atoms with van der Waals surface area (Å²) in [6.45, 7) is 0.724. The van der Waals surface area contributed by atoms with E-state index in [1.165, 1.54) is 24.3 Å². The molecule has 1 unspecified atom stereocenters. The Morgan fingerprint density at radius 1 is 1.19 bits per heavy atom. The number of nitrogens with one attached hydrogen (secondary N) is 1. The molecule has 0 radical (unpaired) electrons. The fourth-order valence-corrected chi connectivity index (χ4v) is 2.70. The second-order valence-corrected chi connectivity index (χ2v) is 5.78. The van der Waals surface area contributed by atoms with E-state index in [0.29, 0.717) is 13.0 Å². The first-order valence-corrected chi connectivity index (χ1v) is 8.15. The van der Waals surface area contributed by atoms with E-state index in [-0.39, 0.29) is 28.8 Å². The van der Waals surface area contributed by atoms with Crippen molar-refractivity contribution in [2.24, 2.45) is 0 Å². The van der Waals surface area contributed by atoms with Crippen LogP contribution in [0.4, 0.5) is 5.69 Å². The third-order valence-corrected chi connectivity index (χ3v) is 3.96. The second-order valence-electron chi connectivity index (χ2n) is 5.78. The summed E-state index contributed by atoms with van der Waals surface area (Å²) in [4.78, 5) is 33.6. The van der Waals surface area contributed by atoms with E-state index < -0.39 is 16.6 Å². The van der Waals surface area contributed by atoms with Crippen LogP contribution in [-0.2, 0) is 22.5 Å². The molecule has 1 N–H and O–H groups in total. The van der Waals surface area contributed by atoms with Crippen molar-refractivity contribution in [1.29, 1.82) is 0 Å². The van der Waals surface area contributed by atoms with Crippen LogP contribution in [0, 0.1) is 10.1 Å². The SMILES string of the molecule is O=COC(Cc1cc(=O)c2cccc([N+](=O)[O-])c2o1)NCc1ccccc1. The van der Waals surface area contributed by atoms with Gasteiger partial charge in [-0.2, -0.15) is 0 Å². The Morgan fingerprint density at radius 3 is 2.67 bits per heavy atom. The number of rotatable bonds is 8. The Labute approximate surface area is 153 Å². The van der Waals surface area contributed by atoms with Crippen molar-refractivity contribution in [2.75, 3.05) is 0 Å². The van der Waals surface area contributed by atoms with Gasteiger partial charge in [-0.15, -0.1) is 0 Å². The molecule has 0 bridgehead atoms. The molecule has 0 spiro atoms. The normalized spacial score (nSPS) is 11.9. The zero-order chi connectivity index (χ0) is 19.2. The number of fused-ring (bicyclic) bond motifs is 1. The van der Waals surface area contributed by atoms with Crippen molar-refractivity contribution in [1.82, 2.24) is 5.32 Å². The molecule has 1 aromatic heterocycles. The van der Waals surface area contributed by atoms with E-state index in [9.17, 15) is 19.7 Å². The molecule has 3 rings (SSSR count). The molecule has 0 aliphatic heterocycles. The van der Waals surface area contributed by atoms with Crippen molar-refractivity contribution in [3.63, 3.8) is 0 Å². The fraction of sp³-hybridized carbons (Fsp3) is 0.158. The summed E-state index contributed by atoms with van der Waals surface area (Å²) in [6, 6.07) is 14.9. The fourth-order valence-electron chi connectivity index (χ4n) is 2.70. The van der Waals surface area contributed by atoms with Crippen LogP contribution in [0.1, 0.15) is 11.3 Å². The van der Waals surface area contributed by atoms with E-state index in [2.05, 4.69) is 5.32 Å². The van der Waals surface area contributed by atoms with Gasteiger partial charge in [0.25, 0.3) is 6.47 Å². The predicted octanol–water partition coefficient (Wildman–Crippen LogP) is 2.53. The number of non-ortho nitro benzene ring substituents is 1. The summed E-state index contributed by atoms with van der Waals surface area (Å²) in [5.41, 5.74) is 0.185. The average Bonchev–Trinajstić information content (AvgIpc) is 2.66. The van der Waals surface area contributed by atoms with Gasteiger partial charge in [-0.3, -0.25) is 25.0 Å². The molecule has 8 heteroatoms. The van der Waals surface area contributed by atoms with Crippen LogP contribution in [0.2, 0.25) is 0 Å². The van der Waals surface area contributed by atoms with Crippen LogP contribution in [0.5, 0.6) is 0 Å². The predicted molar refractivity (Wildman–Crippen MR) is 97.1 cm³/mol. The topological polar surface area (TPSA) is 112 Å². The van der Waals surface area contributed by atoms with E-state index in [1.54, 1.807) is 0 Å². The van der Waals surface area contributed by atoms with E-state index in [0.717, 1.165) is 5.56 Å². The number of hydrogen-bond donors (Lipinski definition) is 1. The molecule has 0 aliphatic carbocycles. The van der Waals surface area contributed by atoms with Crippen molar-refractivity contribution < 1.29 is 18.9 Å². The van der Waals surface area contributed by atoms with Crippen molar-refractivity contribution in [3.8, 4) is 0 Å². The number of carbonyl (C=O) groups is 1. The minimum atomic E-state index is -0.758. The number of ether oxygens (including phenoxy) is 1. The summed E-state index contributed by atoms with van der Waals surface area (Å²) in [5, 5.41) is 14.3. The molecule has 1 heterocycles. The molecule has 3 aromatic rings. The first-order chi connectivity index (χ1) is 13.1. The van der Waals surface area contributed by atoms with Crippen LogP contribution in [0.15, 0.2) is 63.8 Å². The van der Waals surface area contributed by atoms with E-state index >= 15 is 0 Å². The maximum Gasteiger partial charge on any atom is 0.312 e. The second kappa shape index (κ2) is 8.24. The smallest absolute Gasteiger partial charge is 0.312 e. The number of carbonyl (C=O) groups excluding carboxylic acids is 1. The van der Waals surface area contributed by atoms with Gasteiger partial charge in [0, 0.05) is 18.7 Å². The maximum atomic E-state index is 12.3. The molecule has 0 amide bonds. The molecule has 27 heavy (non-hydrogen) atoms. The number of benzene rings is 2. The van der Waals surface area contributed by atoms with Crippen LogP contribution in [0.25, 0.3) is 11.0 Å². The summed E-state index contributed by atoms with van der Waals surface area (Å²) in [5.74, 6) is 0.175. The van der Waals surface area contributed by atoms with Crippen molar-refractivity contribution in [3.05, 3.63) is 86.3 Å². The summed E-state index contributed by atoms with van der Waals surface area (Å²) in [7, 11) is 0. The molecular formula is C19H16N2O6. The lowest BCUT2D eigenvalue weighted by Crippen LogP contribution is -2.33. The van der Waals surface area contributed by atoms with Crippen molar-refractivity contribution >= 4 is 23.1 Å². The summed E-state index contributed by atoms with van der Waals surface area (Å²) >= 11 is 0. The molecular weight excluding hydrogens is 352 g/mol. The van der Waals surface area contributed by atoms with Crippen LogP contribution < -0.4 is 10.7 Å². The third kappa shape index (κ3) is 4.36. The van der Waals surface area contributed by atoms with Gasteiger partial charge in [-0.25, -0.2) is 0 Å². The van der Waals surface area contributed by atoms with Gasteiger partial charge in [-0.05, 0) is 11.6 Å². The van der Waals surface area contributed by atoms with Crippen molar-refractivity contribution in [2.45, 2.75) is 19.2 Å². The van der Waals surface area contributed by atoms with Gasteiger partial charge in [0.2, 0.25) is 5.58 Å². The minimum absolute atomic E-state index is 0.0444. The standard InChI is InChI=1S/C19H16N2O6/c22-12-26-18(20-11-13-5-2-1-3-6-13)10-14-9-17(23)15-7-4-8-16(21(24)25)19(15)27-14/h1-9,12,18,20H,10-11H2. The Kier molecular flexibility index (Phi) is 5.58. The molecule has 0 aliphatic rings. The number of hydrogen-bond acceptors (Lipinski definition) is 7. The highest BCUT2D eigenvalue weighted by molar-refractivity contribution is 5.84. The third-order valence-electron chi connectivity index (χ3n) is 3.96. The molecule has 8 nitrogen and oxygen atoms in total. The number of nitro groups is 1. The lowest BCUT2D eigenvalue weighted by atomic mass is 10.1. The zero-order valence-electron chi connectivity index (χ0n) is 14.2. The van der Waals surface area contributed by atoms with Gasteiger partial charge in [-0.1, -0.05) is 36.4 Å². The molecule has 0 saturated heterocycles. The summed E-state index contributed by atoms with van der Waals surface area (Å²) < 4.78 is 10.6. The highest BCUT2D eigenvalue weighted by Crippen LogP contribution is 2.24. The Bertz CT molecular complexity index is 1020. The highest BCUT2D eigenvalue weighted by atomic mass is 16.6. The molecule has 2 aromatic carbocycles. The largest absolute Gasteiger partial charge is 0.453 e. The van der Waals surface area contributed by atoms with Crippen LogP contribution in [0.3, 0.4) is 0 Å². The average molecular weight is 368 g/mol. The lowest BCUT2D eigenvalue weighted by molar-refractivity contribution is -0.383. The van der Waals surface area contributed by atoms with E-state index in [1.807, 2.05) is 30.3 Å². The molecule has 0 saturated carbocycles. The number of para-hydroxylation sites is 1. The monoisotopic (exact) mass is 368 g/mol. The van der Waals surface area contributed by atoms with Gasteiger partial charge in [0.1, 0.15) is 5.76 Å². The summed E-state index contributed by atoms with van der Waals surface area (Å²) in [6.07, 6.45) is -0.714. The van der Waals surface area contributed by atoms with Gasteiger partial charge < -0.3 is 9.15 Å². The first-order valence-electron chi connectivity index (χ1n) is 8.15. The molecule has 1 atom stereocenters. The van der Waals surface area contributed by atoms with E-state index in [4.69, 9.17) is 9.15 Å². The highest BCUT2D eigenvalue weighted by Gasteiger charge is 2.19. The first kappa shape index (κ1) is 18.3. The Balaban J connectivity index is 1.86. The zero-order valence-corrected chi connectivity index (χ0v) is 14.2. The quantitative estimate of drug-likeness (QED) is 0.281. The number of nitro benzene ring substituents is 1. The minimum Gasteiger partial charge on any atom is -0.453 e. The van der Waals surface area contributed by atoms with Gasteiger partial charge in [0.05, 0.1) is 16.7 Å². The molecule has 138 valence electrons. The Hall–Kier alpha value is -3.52. The van der Waals surface area contributed by atoms with Crippen LogP contribution >= 0.6 is 0 Å². The maximum absolute atomic E-state index is 12.3.